The number of unbranched alkanes of at least 4 members (excludes halogenated alkanes) is 3. The fourth-order valence-corrected chi connectivity index (χ4v) is 5.01. The maximum absolute atomic E-state index is 12.6. The molecule has 7 heteroatoms. The van der Waals surface area contributed by atoms with Crippen LogP contribution in [-0.4, -0.2) is 35.7 Å². The van der Waals surface area contributed by atoms with Crippen LogP contribution in [0.15, 0.2) is 36.4 Å². The lowest BCUT2D eigenvalue weighted by atomic mass is 10.0. The number of hydrogen-bond acceptors (Lipinski definition) is 6. The van der Waals surface area contributed by atoms with Gasteiger partial charge in [0.25, 0.3) is 0 Å². The Morgan fingerprint density at radius 1 is 1.15 bits per heavy atom. The molecule has 1 aromatic heterocycles. The molecule has 0 saturated carbocycles. The Balaban J connectivity index is 1.52. The van der Waals surface area contributed by atoms with Gasteiger partial charge in [-0.3, -0.25) is 4.79 Å². The average Bonchev–Trinajstić information content (AvgIpc) is 3.43. The summed E-state index contributed by atoms with van der Waals surface area (Å²) in [6.07, 6.45) is 5.94. The van der Waals surface area contributed by atoms with Gasteiger partial charge in [-0.15, -0.1) is 11.3 Å². The van der Waals surface area contributed by atoms with Gasteiger partial charge >= 0.3 is 5.97 Å². The van der Waals surface area contributed by atoms with E-state index in [2.05, 4.69) is 6.92 Å². The van der Waals surface area contributed by atoms with E-state index in [1.54, 1.807) is 6.07 Å². The second kappa shape index (κ2) is 13.0. The van der Waals surface area contributed by atoms with Gasteiger partial charge in [0.05, 0.1) is 31.5 Å². The number of amides is 1. The van der Waals surface area contributed by atoms with Gasteiger partial charge in [0.2, 0.25) is 5.91 Å². The van der Waals surface area contributed by atoms with E-state index in [4.69, 9.17) is 9.47 Å². The minimum absolute atomic E-state index is 0.0253. The summed E-state index contributed by atoms with van der Waals surface area (Å²) in [6, 6.07) is 11.3. The summed E-state index contributed by atoms with van der Waals surface area (Å²) in [7, 11) is 0. The number of ether oxygens (including phenoxy) is 2. The largest absolute Gasteiger partial charge is 0.459 e. The highest BCUT2D eigenvalue weighted by molar-refractivity contribution is 7.13. The molecule has 0 spiro atoms. The molecule has 1 amide bonds. The fourth-order valence-electron chi connectivity index (χ4n) is 4.18. The van der Waals surface area contributed by atoms with Gasteiger partial charge in [-0.05, 0) is 56.5 Å². The lowest BCUT2D eigenvalue weighted by molar-refractivity contribution is -0.117. The standard InChI is InChI=1S/C27H37NO5S/c1-4-5-6-7-8-24(29)20-9-11-21(12-10-20)28-22(13-16-26(28)30)17-32-18-23-14-15-25(34-23)27(31)33-19(2)3/h9-12,14-15,19,22,24,29H,4-8,13,16-18H2,1-3H3/t22-,24?/m1/s1. The molecular formula is C27H37NO5S. The number of esters is 1. The summed E-state index contributed by atoms with van der Waals surface area (Å²) in [6.45, 7) is 6.65. The highest BCUT2D eigenvalue weighted by Gasteiger charge is 2.32. The van der Waals surface area contributed by atoms with E-state index in [0.717, 1.165) is 41.8 Å². The number of rotatable bonds is 13. The Bertz CT molecular complexity index is 923. The Labute approximate surface area is 206 Å². The maximum atomic E-state index is 12.6. The summed E-state index contributed by atoms with van der Waals surface area (Å²) >= 11 is 1.37. The van der Waals surface area contributed by atoms with Crippen LogP contribution in [0.25, 0.3) is 0 Å². The number of carbonyl (C=O) groups excluding carboxylic acids is 2. The first-order valence-corrected chi connectivity index (χ1v) is 13.2. The smallest absolute Gasteiger partial charge is 0.348 e. The van der Waals surface area contributed by atoms with Crippen LogP contribution < -0.4 is 4.90 Å². The number of nitrogens with zero attached hydrogens (tertiary/aromatic N) is 1. The number of aliphatic hydroxyl groups is 1. The van der Waals surface area contributed by atoms with Crippen molar-refractivity contribution in [3.8, 4) is 0 Å². The minimum atomic E-state index is -0.465. The highest BCUT2D eigenvalue weighted by atomic mass is 32.1. The SMILES string of the molecule is CCCCCCC(O)c1ccc(N2C(=O)CC[C@@H]2COCc2ccc(C(=O)OC(C)C)s2)cc1. The van der Waals surface area contributed by atoms with Crippen LogP contribution in [-0.2, 0) is 20.9 Å². The molecule has 2 atom stereocenters. The molecule has 0 radical (unpaired) electrons. The highest BCUT2D eigenvalue weighted by Crippen LogP contribution is 2.29. The second-order valence-electron chi connectivity index (χ2n) is 9.15. The molecule has 2 aromatic rings. The van der Waals surface area contributed by atoms with Crippen molar-refractivity contribution in [3.05, 3.63) is 51.7 Å². The third-order valence-corrected chi connectivity index (χ3v) is 7.01. The second-order valence-corrected chi connectivity index (χ2v) is 10.3. The minimum Gasteiger partial charge on any atom is -0.459 e. The topological polar surface area (TPSA) is 76.1 Å². The number of thiophene rings is 1. The van der Waals surface area contributed by atoms with Crippen molar-refractivity contribution in [1.29, 1.82) is 0 Å². The molecule has 1 aromatic carbocycles. The lowest BCUT2D eigenvalue weighted by Gasteiger charge is -2.25. The molecule has 186 valence electrons. The van der Waals surface area contributed by atoms with Crippen molar-refractivity contribution in [2.45, 2.75) is 90.6 Å². The number of carbonyl (C=O) groups is 2. The maximum Gasteiger partial charge on any atom is 0.348 e. The molecular weight excluding hydrogens is 450 g/mol. The first kappa shape index (κ1) is 26.4. The normalized spacial score (nSPS) is 16.9. The number of benzene rings is 1. The number of aliphatic hydroxyl groups excluding tert-OH is 1. The molecule has 0 bridgehead atoms. The van der Waals surface area contributed by atoms with Gasteiger partial charge in [0.15, 0.2) is 0 Å². The van der Waals surface area contributed by atoms with E-state index < -0.39 is 6.10 Å². The van der Waals surface area contributed by atoms with Crippen LogP contribution in [0.1, 0.15) is 91.9 Å². The summed E-state index contributed by atoms with van der Waals surface area (Å²) in [4.78, 5) is 27.9. The van der Waals surface area contributed by atoms with Gasteiger partial charge in [-0.2, -0.15) is 0 Å². The molecule has 0 aliphatic carbocycles. The third kappa shape index (κ3) is 7.39. The number of anilines is 1. The summed E-state index contributed by atoms with van der Waals surface area (Å²) in [5.41, 5.74) is 1.73. The van der Waals surface area contributed by atoms with Crippen LogP contribution in [0.3, 0.4) is 0 Å². The van der Waals surface area contributed by atoms with Crippen LogP contribution in [0.2, 0.25) is 0 Å². The van der Waals surface area contributed by atoms with Crippen LogP contribution in [0.4, 0.5) is 5.69 Å². The van der Waals surface area contributed by atoms with E-state index in [1.165, 1.54) is 24.2 Å². The Morgan fingerprint density at radius 2 is 1.91 bits per heavy atom. The summed E-state index contributed by atoms with van der Waals surface area (Å²) < 4.78 is 11.2. The van der Waals surface area contributed by atoms with E-state index >= 15 is 0 Å². The third-order valence-electron chi connectivity index (χ3n) is 5.97. The Hall–Kier alpha value is -2.22. The van der Waals surface area contributed by atoms with Crippen molar-refractivity contribution in [3.63, 3.8) is 0 Å². The molecule has 1 aliphatic heterocycles. The Morgan fingerprint density at radius 3 is 2.62 bits per heavy atom. The van der Waals surface area contributed by atoms with Crippen molar-refractivity contribution >= 4 is 28.9 Å². The predicted octanol–water partition coefficient (Wildman–Crippen LogP) is 6.03. The average molecular weight is 488 g/mol. The first-order chi connectivity index (χ1) is 16.4. The molecule has 2 heterocycles. The quantitative estimate of drug-likeness (QED) is 0.276. The van der Waals surface area contributed by atoms with E-state index in [0.29, 0.717) is 24.5 Å². The lowest BCUT2D eigenvalue weighted by Crippen LogP contribution is -2.36. The first-order valence-electron chi connectivity index (χ1n) is 12.4. The van der Waals surface area contributed by atoms with E-state index in [1.807, 2.05) is 49.1 Å². The predicted molar refractivity (Wildman–Crippen MR) is 135 cm³/mol. The zero-order valence-corrected chi connectivity index (χ0v) is 21.3. The van der Waals surface area contributed by atoms with Gasteiger partial charge in [0.1, 0.15) is 4.88 Å². The van der Waals surface area contributed by atoms with Crippen LogP contribution in [0, 0.1) is 0 Å². The molecule has 6 nitrogen and oxygen atoms in total. The van der Waals surface area contributed by atoms with Gasteiger partial charge in [0, 0.05) is 17.0 Å². The molecule has 1 N–H and O–H groups in total. The van der Waals surface area contributed by atoms with Crippen molar-refractivity contribution in [2.75, 3.05) is 11.5 Å². The van der Waals surface area contributed by atoms with Gasteiger partial charge in [-0.25, -0.2) is 4.79 Å². The summed E-state index contributed by atoms with van der Waals surface area (Å²) in [5.74, 6) is -0.218. The summed E-state index contributed by atoms with van der Waals surface area (Å²) in [5, 5.41) is 10.5. The number of hydrogen-bond donors (Lipinski definition) is 1. The molecule has 1 fully saturated rings. The Kier molecular flexibility index (Phi) is 10.1. The fraction of sp³-hybridized carbons (Fsp3) is 0.556. The van der Waals surface area contributed by atoms with Crippen LogP contribution >= 0.6 is 11.3 Å². The van der Waals surface area contributed by atoms with Crippen molar-refractivity contribution < 1.29 is 24.2 Å². The molecule has 1 saturated heterocycles. The van der Waals surface area contributed by atoms with Crippen molar-refractivity contribution in [1.82, 2.24) is 0 Å². The van der Waals surface area contributed by atoms with Gasteiger partial charge < -0.3 is 19.5 Å². The van der Waals surface area contributed by atoms with Crippen molar-refractivity contribution in [2.24, 2.45) is 0 Å². The molecule has 34 heavy (non-hydrogen) atoms. The molecule has 1 unspecified atom stereocenters. The zero-order valence-electron chi connectivity index (χ0n) is 20.5. The van der Waals surface area contributed by atoms with Crippen LogP contribution in [0.5, 0.6) is 0 Å². The van der Waals surface area contributed by atoms with E-state index in [9.17, 15) is 14.7 Å². The van der Waals surface area contributed by atoms with Gasteiger partial charge in [-0.1, -0.05) is 44.7 Å². The zero-order chi connectivity index (χ0) is 24.5. The molecule has 1 aliphatic rings. The van der Waals surface area contributed by atoms with E-state index in [-0.39, 0.29) is 24.0 Å². The molecule has 3 rings (SSSR count). The monoisotopic (exact) mass is 487 g/mol.